The third-order valence-electron chi connectivity index (χ3n) is 2.35. The Hall–Kier alpha value is -1.66. The van der Waals surface area contributed by atoms with Crippen LogP contribution in [0.5, 0.6) is 0 Å². The number of nitrogens with zero attached hydrogens (tertiary/aromatic N) is 2. The fourth-order valence-electron chi connectivity index (χ4n) is 1.57. The van der Waals surface area contributed by atoms with Gasteiger partial charge in [0.1, 0.15) is 0 Å². The molecule has 3 N–H and O–H groups in total. The highest BCUT2D eigenvalue weighted by Crippen LogP contribution is 2.31. The van der Waals surface area contributed by atoms with Crippen molar-refractivity contribution >= 4 is 33.6 Å². The zero-order chi connectivity index (χ0) is 11.1. The van der Waals surface area contributed by atoms with E-state index in [9.17, 15) is 0 Å². The normalized spacial score (nSPS) is 11.0. The minimum Gasteiger partial charge on any atom is -0.335 e. The van der Waals surface area contributed by atoms with Gasteiger partial charge in [-0.1, -0.05) is 18.2 Å². The van der Waals surface area contributed by atoms with Crippen molar-refractivity contribution in [2.75, 3.05) is 5.84 Å². The largest absolute Gasteiger partial charge is 0.335 e. The Morgan fingerprint density at radius 1 is 1.38 bits per heavy atom. The summed E-state index contributed by atoms with van der Waals surface area (Å²) in [6.07, 6.45) is 0. The molecule has 0 radical (unpaired) electrons. The molecule has 0 atom stereocenters. The van der Waals surface area contributed by atoms with Crippen molar-refractivity contribution in [2.45, 2.75) is 0 Å². The number of aromatic nitrogens is 3. The molecule has 6 heteroatoms. The molecule has 0 aliphatic heterocycles. The van der Waals surface area contributed by atoms with Crippen LogP contribution in [0.3, 0.4) is 0 Å². The van der Waals surface area contributed by atoms with Crippen LogP contribution in [0.15, 0.2) is 30.3 Å². The third kappa shape index (κ3) is 1.35. The number of H-pyrrole nitrogens is 1. The van der Waals surface area contributed by atoms with Crippen LogP contribution in [0, 0.1) is 4.77 Å². The first-order valence-electron chi connectivity index (χ1n) is 4.67. The lowest BCUT2D eigenvalue weighted by Gasteiger charge is -1.94. The number of nitrogen functional groups attached to an aromatic ring is 1. The summed E-state index contributed by atoms with van der Waals surface area (Å²) in [5.41, 5.74) is 0. The van der Waals surface area contributed by atoms with Gasteiger partial charge < -0.3 is 5.84 Å². The van der Waals surface area contributed by atoms with E-state index in [-0.39, 0.29) is 0 Å². The maximum Gasteiger partial charge on any atom is 0.214 e. The van der Waals surface area contributed by atoms with E-state index in [0.717, 1.165) is 4.88 Å². The predicted octanol–water partition coefficient (Wildman–Crippen LogP) is 2.54. The van der Waals surface area contributed by atoms with Crippen molar-refractivity contribution in [3.8, 4) is 10.7 Å². The molecule has 0 amide bonds. The van der Waals surface area contributed by atoms with Gasteiger partial charge in [-0.25, -0.2) is 9.77 Å². The van der Waals surface area contributed by atoms with Gasteiger partial charge in [-0.05, 0) is 29.7 Å². The van der Waals surface area contributed by atoms with Crippen LogP contribution in [0.2, 0.25) is 0 Å². The molecule has 0 aliphatic rings. The van der Waals surface area contributed by atoms with Gasteiger partial charge in [-0.2, -0.15) is 5.10 Å². The number of fused-ring (bicyclic) bond motifs is 1. The monoisotopic (exact) mass is 248 g/mol. The van der Waals surface area contributed by atoms with Crippen LogP contribution in [0.25, 0.3) is 20.8 Å². The summed E-state index contributed by atoms with van der Waals surface area (Å²) < 4.78 is 3.03. The van der Waals surface area contributed by atoms with Crippen molar-refractivity contribution in [2.24, 2.45) is 0 Å². The van der Waals surface area contributed by atoms with E-state index >= 15 is 0 Å². The first kappa shape index (κ1) is 9.56. The van der Waals surface area contributed by atoms with Crippen molar-refractivity contribution in [1.29, 1.82) is 0 Å². The Bertz CT molecular complexity index is 674. The summed E-state index contributed by atoms with van der Waals surface area (Å²) in [4.78, 5) is 1.01. The van der Waals surface area contributed by atoms with E-state index < -0.39 is 0 Å². The maximum absolute atomic E-state index is 5.78. The first-order valence-corrected chi connectivity index (χ1v) is 5.89. The summed E-state index contributed by atoms with van der Waals surface area (Å²) in [7, 11) is 0. The number of aromatic amines is 1. The van der Waals surface area contributed by atoms with Crippen LogP contribution in [0.1, 0.15) is 0 Å². The van der Waals surface area contributed by atoms with Gasteiger partial charge in [0.2, 0.25) is 4.77 Å². The molecule has 0 spiro atoms. The summed E-state index contributed by atoms with van der Waals surface area (Å²) >= 11 is 6.63. The highest BCUT2D eigenvalue weighted by Gasteiger charge is 2.09. The molecule has 2 aromatic heterocycles. The number of hydrogen-bond acceptors (Lipinski definition) is 4. The molecule has 3 rings (SSSR count). The minimum absolute atomic E-state index is 0.424. The Balaban J connectivity index is 2.26. The Kier molecular flexibility index (Phi) is 2.05. The van der Waals surface area contributed by atoms with Gasteiger partial charge in [0.15, 0.2) is 5.82 Å². The van der Waals surface area contributed by atoms with Gasteiger partial charge in [0.25, 0.3) is 0 Å². The van der Waals surface area contributed by atoms with E-state index in [4.69, 9.17) is 18.1 Å². The van der Waals surface area contributed by atoms with Crippen molar-refractivity contribution in [3.63, 3.8) is 0 Å². The number of thiophene rings is 1. The van der Waals surface area contributed by atoms with Gasteiger partial charge in [0, 0.05) is 4.70 Å². The Morgan fingerprint density at radius 3 is 2.88 bits per heavy atom. The lowest BCUT2D eigenvalue weighted by atomic mass is 10.2. The van der Waals surface area contributed by atoms with Gasteiger partial charge in [-0.15, -0.1) is 11.3 Å². The summed E-state index contributed by atoms with van der Waals surface area (Å²) in [5.74, 6) is 6.45. The zero-order valence-corrected chi connectivity index (χ0v) is 9.81. The highest BCUT2D eigenvalue weighted by atomic mass is 32.1. The van der Waals surface area contributed by atoms with Crippen LogP contribution in [0.4, 0.5) is 0 Å². The fraction of sp³-hybridized carbons (Fsp3) is 0. The predicted molar refractivity (Wildman–Crippen MR) is 68.4 cm³/mol. The summed E-state index contributed by atoms with van der Waals surface area (Å²) in [5, 5.41) is 7.98. The Morgan fingerprint density at radius 2 is 2.19 bits per heavy atom. The third-order valence-corrected chi connectivity index (χ3v) is 3.75. The first-order chi connectivity index (χ1) is 7.75. The second-order valence-corrected chi connectivity index (χ2v) is 4.84. The average Bonchev–Trinajstić information content (AvgIpc) is 2.84. The fourth-order valence-corrected chi connectivity index (χ4v) is 2.75. The molecule has 16 heavy (non-hydrogen) atoms. The number of rotatable bonds is 1. The van der Waals surface area contributed by atoms with Crippen LogP contribution >= 0.6 is 23.6 Å². The van der Waals surface area contributed by atoms with Crippen molar-refractivity contribution < 1.29 is 0 Å². The lowest BCUT2D eigenvalue weighted by Crippen LogP contribution is -2.09. The van der Waals surface area contributed by atoms with E-state index in [0.29, 0.717) is 10.6 Å². The minimum atomic E-state index is 0.424. The number of hydrogen-bond donors (Lipinski definition) is 2. The summed E-state index contributed by atoms with van der Waals surface area (Å²) in [6.45, 7) is 0. The lowest BCUT2D eigenvalue weighted by molar-refractivity contribution is 0.986. The van der Waals surface area contributed by atoms with Crippen molar-refractivity contribution in [3.05, 3.63) is 35.1 Å². The molecular formula is C10H8N4S2. The van der Waals surface area contributed by atoms with Crippen LogP contribution in [-0.2, 0) is 0 Å². The summed E-state index contributed by atoms with van der Waals surface area (Å²) in [6, 6.07) is 10.2. The number of nitrogens with one attached hydrogen (secondary N) is 1. The topological polar surface area (TPSA) is 59.6 Å². The smallest absolute Gasteiger partial charge is 0.214 e. The zero-order valence-electron chi connectivity index (χ0n) is 8.18. The van der Waals surface area contributed by atoms with Gasteiger partial charge >= 0.3 is 0 Å². The molecule has 0 fully saturated rings. The van der Waals surface area contributed by atoms with E-state index in [1.54, 1.807) is 11.3 Å². The molecule has 4 nitrogen and oxygen atoms in total. The molecule has 0 saturated carbocycles. The molecule has 1 aromatic carbocycles. The van der Waals surface area contributed by atoms with Crippen LogP contribution in [-0.4, -0.2) is 14.9 Å². The Labute approximate surface area is 100 Å². The van der Waals surface area contributed by atoms with Crippen molar-refractivity contribution in [1.82, 2.24) is 14.9 Å². The molecular weight excluding hydrogens is 240 g/mol. The molecule has 2 heterocycles. The highest BCUT2D eigenvalue weighted by molar-refractivity contribution is 7.71. The number of nitrogens with two attached hydrogens (primary N) is 1. The quantitative estimate of drug-likeness (QED) is 0.514. The SMILES string of the molecule is Nn1c(-c2cc3ccccc3s2)n[nH]c1=S. The molecule has 0 saturated heterocycles. The van der Waals surface area contributed by atoms with Gasteiger partial charge in [0.05, 0.1) is 4.88 Å². The molecule has 80 valence electrons. The maximum atomic E-state index is 5.78. The number of benzene rings is 1. The van der Waals surface area contributed by atoms with E-state index in [2.05, 4.69) is 28.4 Å². The second-order valence-electron chi connectivity index (χ2n) is 3.37. The standard InChI is InChI=1S/C10H8N4S2/c11-14-9(12-13-10(14)15)8-5-6-3-1-2-4-7(6)16-8/h1-5H,11H2,(H,13,15). The second kappa shape index (κ2) is 3.43. The molecule has 0 aliphatic carbocycles. The molecule has 0 unspecified atom stereocenters. The van der Waals surface area contributed by atoms with E-state index in [1.807, 2.05) is 12.1 Å². The van der Waals surface area contributed by atoms with Crippen LogP contribution < -0.4 is 5.84 Å². The van der Waals surface area contributed by atoms with E-state index in [1.165, 1.54) is 14.8 Å². The molecule has 0 bridgehead atoms. The van der Waals surface area contributed by atoms with Gasteiger partial charge in [-0.3, -0.25) is 0 Å². The average molecular weight is 248 g/mol. The molecule has 3 aromatic rings.